The van der Waals surface area contributed by atoms with Crippen LogP contribution in [-0.4, -0.2) is 19.5 Å². The van der Waals surface area contributed by atoms with Crippen LogP contribution in [0.3, 0.4) is 0 Å². The number of amides is 1. The van der Waals surface area contributed by atoms with Gasteiger partial charge in [0.05, 0.1) is 0 Å². The SMILES string of the molecule is Cc1ccc(NS(=O)(=O)c2ccc(C=Cc3onc(C)c3NC(=O)C3CC3)s2)cc1. The molecule has 156 valence electrons. The van der Waals surface area contributed by atoms with E-state index < -0.39 is 10.0 Å². The lowest BCUT2D eigenvalue weighted by Gasteiger charge is -2.06. The van der Waals surface area contributed by atoms with Crippen molar-refractivity contribution in [1.82, 2.24) is 5.16 Å². The summed E-state index contributed by atoms with van der Waals surface area (Å²) in [5.41, 5.74) is 2.71. The van der Waals surface area contributed by atoms with Gasteiger partial charge in [0.15, 0.2) is 5.76 Å². The van der Waals surface area contributed by atoms with E-state index in [2.05, 4.69) is 15.2 Å². The fourth-order valence-electron chi connectivity index (χ4n) is 2.78. The molecule has 2 heterocycles. The van der Waals surface area contributed by atoms with Crippen LogP contribution in [0.4, 0.5) is 11.4 Å². The summed E-state index contributed by atoms with van der Waals surface area (Å²) in [7, 11) is -3.67. The summed E-state index contributed by atoms with van der Waals surface area (Å²) in [6.07, 6.45) is 5.23. The van der Waals surface area contributed by atoms with Gasteiger partial charge in [-0.05, 0) is 63.1 Å². The molecule has 7 nitrogen and oxygen atoms in total. The summed E-state index contributed by atoms with van der Waals surface area (Å²) in [5.74, 6) is 0.474. The Balaban J connectivity index is 1.48. The summed E-state index contributed by atoms with van der Waals surface area (Å²) < 4.78 is 33.3. The predicted molar refractivity (Wildman–Crippen MR) is 118 cm³/mol. The van der Waals surface area contributed by atoms with Crippen LogP contribution in [0.25, 0.3) is 12.2 Å². The highest BCUT2D eigenvalue weighted by atomic mass is 32.2. The number of rotatable bonds is 7. The van der Waals surface area contributed by atoms with Crippen molar-refractivity contribution in [2.45, 2.75) is 30.9 Å². The number of nitrogens with one attached hydrogen (secondary N) is 2. The maximum absolute atomic E-state index is 12.6. The van der Waals surface area contributed by atoms with Gasteiger partial charge in [0.2, 0.25) is 5.91 Å². The number of anilines is 2. The standard InChI is InChI=1S/C21H21N3O4S2/c1-13-3-7-16(8-4-13)24-30(26,27)19-12-10-17(29-19)9-11-18-20(14(2)23-28-18)22-21(25)15-5-6-15/h3-4,7-12,15,24H,5-6H2,1-2H3,(H,22,25). The van der Waals surface area contributed by atoms with Crippen LogP contribution < -0.4 is 10.0 Å². The van der Waals surface area contributed by atoms with E-state index >= 15 is 0 Å². The van der Waals surface area contributed by atoms with E-state index in [4.69, 9.17) is 4.52 Å². The molecule has 1 fully saturated rings. The molecular formula is C21H21N3O4S2. The Labute approximate surface area is 178 Å². The van der Waals surface area contributed by atoms with Gasteiger partial charge >= 0.3 is 0 Å². The summed E-state index contributed by atoms with van der Waals surface area (Å²) in [6, 6.07) is 10.4. The van der Waals surface area contributed by atoms with Crippen LogP contribution in [0.5, 0.6) is 0 Å². The van der Waals surface area contributed by atoms with Gasteiger partial charge in [-0.2, -0.15) is 0 Å². The molecular weight excluding hydrogens is 422 g/mol. The molecule has 1 aliphatic rings. The second-order valence-corrected chi connectivity index (χ2v) is 10.3. The number of aromatic nitrogens is 1. The van der Waals surface area contributed by atoms with Gasteiger partial charge in [0, 0.05) is 16.5 Å². The summed E-state index contributed by atoms with van der Waals surface area (Å²) >= 11 is 1.14. The average molecular weight is 444 g/mol. The molecule has 0 unspecified atom stereocenters. The van der Waals surface area contributed by atoms with E-state index in [1.54, 1.807) is 43.3 Å². The molecule has 9 heteroatoms. The second-order valence-electron chi connectivity index (χ2n) is 7.23. The smallest absolute Gasteiger partial charge is 0.271 e. The molecule has 2 N–H and O–H groups in total. The number of nitrogens with zero attached hydrogens (tertiary/aromatic N) is 1. The monoisotopic (exact) mass is 443 g/mol. The van der Waals surface area contributed by atoms with Crippen LogP contribution in [0.1, 0.15) is 34.7 Å². The van der Waals surface area contributed by atoms with Crippen molar-refractivity contribution in [1.29, 1.82) is 0 Å². The Bertz CT molecular complexity index is 1200. The van der Waals surface area contributed by atoms with E-state index in [0.29, 0.717) is 22.8 Å². The molecule has 0 aliphatic heterocycles. The van der Waals surface area contributed by atoms with Gasteiger partial charge < -0.3 is 9.84 Å². The molecule has 2 aromatic heterocycles. The zero-order chi connectivity index (χ0) is 21.3. The number of benzene rings is 1. The minimum atomic E-state index is -3.67. The fraction of sp³-hybridized carbons (Fsp3) is 0.238. The number of aryl methyl sites for hydroxylation is 2. The highest BCUT2D eigenvalue weighted by Crippen LogP contribution is 2.32. The molecule has 3 aromatic rings. The number of carbonyl (C=O) groups is 1. The van der Waals surface area contributed by atoms with Crippen LogP contribution >= 0.6 is 11.3 Å². The van der Waals surface area contributed by atoms with Crippen LogP contribution in [0, 0.1) is 19.8 Å². The Hall–Kier alpha value is -2.91. The minimum absolute atomic E-state index is 0.0253. The Morgan fingerprint density at radius 1 is 1.13 bits per heavy atom. The maximum Gasteiger partial charge on any atom is 0.271 e. The highest BCUT2D eigenvalue weighted by molar-refractivity contribution is 7.94. The minimum Gasteiger partial charge on any atom is -0.354 e. The number of hydrogen-bond donors (Lipinski definition) is 2. The summed E-state index contributed by atoms with van der Waals surface area (Å²) in [6.45, 7) is 3.70. The lowest BCUT2D eigenvalue weighted by molar-refractivity contribution is -0.117. The first-order valence-corrected chi connectivity index (χ1v) is 11.8. The predicted octanol–water partition coefficient (Wildman–Crippen LogP) is 4.67. The molecule has 1 saturated carbocycles. The van der Waals surface area contributed by atoms with Crippen LogP contribution in [0.2, 0.25) is 0 Å². The molecule has 0 radical (unpaired) electrons. The number of sulfonamides is 1. The molecule has 4 rings (SSSR count). The molecule has 0 atom stereocenters. The van der Waals surface area contributed by atoms with Gasteiger partial charge in [-0.1, -0.05) is 22.9 Å². The van der Waals surface area contributed by atoms with E-state index in [0.717, 1.165) is 34.6 Å². The Morgan fingerprint density at radius 3 is 2.57 bits per heavy atom. The van der Waals surface area contributed by atoms with E-state index in [9.17, 15) is 13.2 Å². The first-order chi connectivity index (χ1) is 14.3. The zero-order valence-corrected chi connectivity index (χ0v) is 18.1. The quantitative estimate of drug-likeness (QED) is 0.552. The molecule has 1 aliphatic carbocycles. The third kappa shape index (κ3) is 4.63. The van der Waals surface area contributed by atoms with Crippen molar-refractivity contribution in [3.05, 3.63) is 58.3 Å². The number of thiophene rings is 1. The normalized spacial score (nSPS) is 14.2. The van der Waals surface area contributed by atoms with E-state index in [1.165, 1.54) is 0 Å². The first kappa shape index (κ1) is 20.4. The van der Waals surface area contributed by atoms with Crippen LogP contribution in [-0.2, 0) is 14.8 Å². The molecule has 0 bridgehead atoms. The van der Waals surface area contributed by atoms with Gasteiger partial charge in [0.25, 0.3) is 10.0 Å². The molecule has 1 amide bonds. The van der Waals surface area contributed by atoms with Crippen molar-refractivity contribution >= 4 is 50.8 Å². The molecule has 0 saturated heterocycles. The van der Waals surface area contributed by atoms with E-state index in [-0.39, 0.29) is 16.0 Å². The molecule has 1 aromatic carbocycles. The summed E-state index contributed by atoms with van der Waals surface area (Å²) in [5, 5.41) is 6.78. The van der Waals surface area contributed by atoms with Crippen molar-refractivity contribution < 1.29 is 17.7 Å². The lowest BCUT2D eigenvalue weighted by atomic mass is 10.2. The topological polar surface area (TPSA) is 101 Å². The van der Waals surface area contributed by atoms with Gasteiger partial charge in [-0.25, -0.2) is 8.42 Å². The largest absolute Gasteiger partial charge is 0.354 e. The van der Waals surface area contributed by atoms with Gasteiger partial charge in [-0.15, -0.1) is 11.3 Å². The second kappa shape index (κ2) is 8.08. The fourth-order valence-corrected chi connectivity index (χ4v) is 5.06. The number of hydrogen-bond acceptors (Lipinski definition) is 6. The Kier molecular flexibility index (Phi) is 5.48. The molecule has 0 spiro atoms. The highest BCUT2D eigenvalue weighted by Gasteiger charge is 2.30. The van der Waals surface area contributed by atoms with Crippen molar-refractivity contribution in [2.75, 3.05) is 10.0 Å². The third-order valence-electron chi connectivity index (χ3n) is 4.66. The first-order valence-electron chi connectivity index (χ1n) is 9.46. The maximum atomic E-state index is 12.6. The lowest BCUT2D eigenvalue weighted by Crippen LogP contribution is -2.14. The number of carbonyl (C=O) groups excluding carboxylic acids is 1. The zero-order valence-electron chi connectivity index (χ0n) is 16.5. The average Bonchev–Trinajstić information content (AvgIpc) is 3.35. The van der Waals surface area contributed by atoms with Crippen molar-refractivity contribution in [2.24, 2.45) is 5.92 Å². The van der Waals surface area contributed by atoms with Gasteiger partial charge in [-0.3, -0.25) is 9.52 Å². The van der Waals surface area contributed by atoms with E-state index in [1.807, 2.05) is 19.1 Å². The molecule has 30 heavy (non-hydrogen) atoms. The van der Waals surface area contributed by atoms with Crippen LogP contribution in [0.15, 0.2) is 45.1 Å². The Morgan fingerprint density at radius 2 is 1.87 bits per heavy atom. The van der Waals surface area contributed by atoms with Crippen molar-refractivity contribution in [3.8, 4) is 0 Å². The van der Waals surface area contributed by atoms with Crippen molar-refractivity contribution in [3.63, 3.8) is 0 Å². The third-order valence-corrected chi connectivity index (χ3v) is 7.58. The van der Waals surface area contributed by atoms with Gasteiger partial charge in [0.1, 0.15) is 15.6 Å². The summed E-state index contributed by atoms with van der Waals surface area (Å²) in [4.78, 5) is 12.8.